The summed E-state index contributed by atoms with van der Waals surface area (Å²) >= 11 is 1.86. The van der Waals surface area contributed by atoms with E-state index in [2.05, 4.69) is 13.0 Å². The minimum Gasteiger partial charge on any atom is -0.388 e. The number of rotatable bonds is 7. The summed E-state index contributed by atoms with van der Waals surface area (Å²) in [5.41, 5.74) is 1.52. The Kier molecular flexibility index (Phi) is 5.71. The van der Waals surface area contributed by atoms with E-state index in [1.54, 1.807) is 4.88 Å². The summed E-state index contributed by atoms with van der Waals surface area (Å²) < 4.78 is 0. The summed E-state index contributed by atoms with van der Waals surface area (Å²) in [5, 5.41) is 10.2. The Balaban J connectivity index is 1.78. The normalized spacial score (nSPS) is 16.6. The van der Waals surface area contributed by atoms with E-state index in [4.69, 9.17) is 0 Å². The zero-order valence-corrected chi connectivity index (χ0v) is 12.4. The molecule has 1 nitrogen and oxygen atoms in total. The van der Waals surface area contributed by atoms with Crippen molar-refractivity contribution in [1.29, 1.82) is 0 Å². The number of hydrogen-bond donors (Lipinski definition) is 1. The molecule has 0 saturated heterocycles. The van der Waals surface area contributed by atoms with Crippen molar-refractivity contribution in [3.63, 3.8) is 0 Å². The monoisotopic (exact) mass is 266 g/mol. The first-order valence-corrected chi connectivity index (χ1v) is 8.42. The first kappa shape index (κ1) is 14.1. The van der Waals surface area contributed by atoms with Crippen molar-refractivity contribution in [2.24, 2.45) is 0 Å². The van der Waals surface area contributed by atoms with Crippen molar-refractivity contribution in [2.45, 2.75) is 77.2 Å². The molecular weight excluding hydrogens is 240 g/mol. The molecule has 1 aromatic heterocycles. The molecule has 0 spiro atoms. The highest BCUT2D eigenvalue weighted by atomic mass is 32.1. The van der Waals surface area contributed by atoms with Crippen LogP contribution in [0.2, 0.25) is 0 Å². The minimum absolute atomic E-state index is 0.206. The van der Waals surface area contributed by atoms with Crippen molar-refractivity contribution >= 4 is 11.3 Å². The van der Waals surface area contributed by atoms with Gasteiger partial charge in [0.2, 0.25) is 0 Å². The fraction of sp³-hybridized carbons (Fsp3) is 0.750. The lowest BCUT2D eigenvalue weighted by molar-refractivity contribution is 0.167. The summed E-state index contributed by atoms with van der Waals surface area (Å²) in [7, 11) is 0. The van der Waals surface area contributed by atoms with Crippen LogP contribution in [0.3, 0.4) is 0 Å². The van der Waals surface area contributed by atoms with Crippen LogP contribution in [-0.2, 0) is 12.8 Å². The Bertz CT molecular complexity index is 332. The predicted molar refractivity (Wildman–Crippen MR) is 79.3 cm³/mol. The number of unbranched alkanes of at least 4 members (excludes halogenated alkanes) is 4. The van der Waals surface area contributed by atoms with Gasteiger partial charge in [0.25, 0.3) is 0 Å². The van der Waals surface area contributed by atoms with Gasteiger partial charge in [-0.15, -0.1) is 11.3 Å². The Hall–Kier alpha value is -0.340. The van der Waals surface area contributed by atoms with E-state index >= 15 is 0 Å². The maximum Gasteiger partial charge on any atom is 0.0882 e. The second-order valence-corrected chi connectivity index (χ2v) is 6.69. The van der Waals surface area contributed by atoms with Crippen LogP contribution < -0.4 is 0 Å². The molecule has 18 heavy (non-hydrogen) atoms. The molecule has 0 aromatic carbocycles. The maximum absolute atomic E-state index is 10.2. The summed E-state index contributed by atoms with van der Waals surface area (Å²) in [6, 6.07) is 2.27. The van der Waals surface area contributed by atoms with E-state index in [1.807, 2.05) is 11.3 Å². The molecular formula is C16H26OS. The van der Waals surface area contributed by atoms with Crippen LogP contribution in [0.5, 0.6) is 0 Å². The average molecular weight is 266 g/mol. The lowest BCUT2D eigenvalue weighted by Gasteiger charge is -2.08. The zero-order valence-electron chi connectivity index (χ0n) is 11.6. The van der Waals surface area contributed by atoms with Crippen LogP contribution in [0, 0.1) is 0 Å². The van der Waals surface area contributed by atoms with Crippen molar-refractivity contribution in [3.05, 3.63) is 21.4 Å². The average Bonchev–Trinajstić information content (AvgIpc) is 2.82. The molecule has 1 unspecified atom stereocenters. The second-order valence-electron chi connectivity index (χ2n) is 5.52. The third-order valence-corrected chi connectivity index (χ3v) is 5.26. The third kappa shape index (κ3) is 3.83. The smallest absolute Gasteiger partial charge is 0.0882 e. The molecule has 1 aromatic rings. The molecule has 0 fully saturated rings. The summed E-state index contributed by atoms with van der Waals surface area (Å²) in [4.78, 5) is 2.76. The number of fused-ring (bicyclic) bond motifs is 1. The number of aliphatic hydroxyl groups is 1. The van der Waals surface area contributed by atoms with Crippen LogP contribution in [-0.4, -0.2) is 5.11 Å². The van der Waals surface area contributed by atoms with E-state index < -0.39 is 0 Å². The van der Waals surface area contributed by atoms with E-state index in [0.717, 1.165) is 6.42 Å². The highest BCUT2D eigenvalue weighted by Gasteiger charge is 2.17. The van der Waals surface area contributed by atoms with Crippen LogP contribution in [0.25, 0.3) is 0 Å². The summed E-state index contributed by atoms with van der Waals surface area (Å²) in [6.45, 7) is 2.24. The number of thiophene rings is 1. The molecule has 1 atom stereocenters. The Morgan fingerprint density at radius 2 is 1.94 bits per heavy atom. The zero-order chi connectivity index (χ0) is 12.8. The molecule has 1 aliphatic rings. The molecule has 2 heteroatoms. The van der Waals surface area contributed by atoms with Crippen LogP contribution in [0.4, 0.5) is 0 Å². The van der Waals surface area contributed by atoms with Crippen LogP contribution in [0.1, 0.15) is 79.7 Å². The molecule has 0 radical (unpaired) electrons. The molecule has 1 N–H and O–H groups in total. The van der Waals surface area contributed by atoms with Crippen LogP contribution >= 0.6 is 11.3 Å². The molecule has 0 aliphatic heterocycles. The van der Waals surface area contributed by atoms with Gasteiger partial charge in [-0.25, -0.2) is 0 Å². The van der Waals surface area contributed by atoms with E-state index in [9.17, 15) is 5.11 Å². The van der Waals surface area contributed by atoms with Gasteiger partial charge in [-0.05, 0) is 43.7 Å². The van der Waals surface area contributed by atoms with Crippen molar-refractivity contribution < 1.29 is 5.11 Å². The predicted octanol–water partition coefficient (Wildman–Crippen LogP) is 5.02. The van der Waals surface area contributed by atoms with Gasteiger partial charge in [0.1, 0.15) is 0 Å². The molecule has 1 aliphatic carbocycles. The van der Waals surface area contributed by atoms with Crippen molar-refractivity contribution in [3.8, 4) is 0 Å². The van der Waals surface area contributed by atoms with E-state index in [0.29, 0.717) is 0 Å². The molecule has 0 saturated carbocycles. The molecule has 0 amide bonds. The lowest BCUT2D eigenvalue weighted by Crippen LogP contribution is -1.96. The standard InChI is InChI=1S/C16H26OS/c1-2-3-4-5-6-10-14(17)16-12-13-9-7-8-11-15(13)18-16/h12,14,17H,2-11H2,1H3. The third-order valence-electron chi connectivity index (χ3n) is 3.93. The number of aryl methyl sites for hydroxylation is 2. The van der Waals surface area contributed by atoms with E-state index in [1.165, 1.54) is 68.2 Å². The first-order chi connectivity index (χ1) is 8.81. The molecule has 0 bridgehead atoms. The second kappa shape index (κ2) is 7.30. The van der Waals surface area contributed by atoms with Gasteiger partial charge >= 0.3 is 0 Å². The highest BCUT2D eigenvalue weighted by Crippen LogP contribution is 2.34. The van der Waals surface area contributed by atoms with Crippen molar-refractivity contribution in [2.75, 3.05) is 0 Å². The van der Waals surface area contributed by atoms with Gasteiger partial charge in [-0.2, -0.15) is 0 Å². The van der Waals surface area contributed by atoms with Gasteiger partial charge in [0, 0.05) is 9.75 Å². The first-order valence-electron chi connectivity index (χ1n) is 7.60. The van der Waals surface area contributed by atoms with Gasteiger partial charge in [0.15, 0.2) is 0 Å². The van der Waals surface area contributed by atoms with E-state index in [-0.39, 0.29) is 6.10 Å². The Morgan fingerprint density at radius 1 is 1.17 bits per heavy atom. The fourth-order valence-electron chi connectivity index (χ4n) is 2.76. The lowest BCUT2D eigenvalue weighted by atomic mass is 9.98. The van der Waals surface area contributed by atoms with Crippen LogP contribution in [0.15, 0.2) is 6.07 Å². The molecule has 1 heterocycles. The van der Waals surface area contributed by atoms with Gasteiger partial charge in [-0.3, -0.25) is 0 Å². The van der Waals surface area contributed by atoms with Gasteiger partial charge in [-0.1, -0.05) is 39.0 Å². The van der Waals surface area contributed by atoms with Gasteiger partial charge < -0.3 is 5.11 Å². The van der Waals surface area contributed by atoms with Crippen molar-refractivity contribution in [1.82, 2.24) is 0 Å². The highest BCUT2D eigenvalue weighted by molar-refractivity contribution is 7.12. The maximum atomic E-state index is 10.2. The topological polar surface area (TPSA) is 20.2 Å². The molecule has 102 valence electrons. The van der Waals surface area contributed by atoms with Gasteiger partial charge in [0.05, 0.1) is 6.10 Å². The molecule has 2 rings (SSSR count). The fourth-order valence-corrected chi connectivity index (χ4v) is 4.04. The number of hydrogen-bond acceptors (Lipinski definition) is 2. The summed E-state index contributed by atoms with van der Waals surface area (Å²) in [6.07, 6.45) is 12.3. The number of aliphatic hydroxyl groups excluding tert-OH is 1. The Labute approximate surface area is 115 Å². The quantitative estimate of drug-likeness (QED) is 0.687. The minimum atomic E-state index is -0.206. The summed E-state index contributed by atoms with van der Waals surface area (Å²) in [5.74, 6) is 0. The SMILES string of the molecule is CCCCCCCC(O)c1cc2c(s1)CCCC2. The largest absolute Gasteiger partial charge is 0.388 e. The Morgan fingerprint density at radius 3 is 2.72 bits per heavy atom.